The molecule has 1 N–H and O–H groups in total. The van der Waals surface area contributed by atoms with Crippen LogP contribution in [0.5, 0.6) is 5.75 Å². The lowest BCUT2D eigenvalue weighted by Gasteiger charge is -2.35. The Bertz CT molecular complexity index is 1120. The molecule has 1 aromatic carbocycles. The molecule has 2 heterocycles. The number of nitro groups is 1. The van der Waals surface area contributed by atoms with E-state index in [1.165, 1.54) is 13.2 Å². The fourth-order valence-electron chi connectivity index (χ4n) is 4.69. The van der Waals surface area contributed by atoms with Gasteiger partial charge in [0, 0.05) is 50.0 Å². The number of nitro benzene ring substituents is 1. The molecule has 1 aliphatic heterocycles. The van der Waals surface area contributed by atoms with Crippen LogP contribution in [0.2, 0.25) is 0 Å². The van der Waals surface area contributed by atoms with Crippen molar-refractivity contribution in [3.05, 3.63) is 52.3 Å². The number of carbonyl (C=O) groups is 1. The number of rotatable bonds is 6. The highest BCUT2D eigenvalue weighted by molar-refractivity contribution is 5.68. The van der Waals surface area contributed by atoms with E-state index in [1.54, 1.807) is 17.3 Å². The Morgan fingerprint density at radius 1 is 1.11 bits per heavy atom. The van der Waals surface area contributed by atoms with E-state index in [4.69, 9.17) is 9.47 Å². The van der Waals surface area contributed by atoms with Gasteiger partial charge in [0.2, 0.25) is 0 Å². The number of methoxy groups -OCH3 is 1. The minimum atomic E-state index is -4.82. The quantitative estimate of drug-likeness (QED) is 0.429. The molecule has 2 fully saturated rings. The zero-order chi connectivity index (χ0) is 26.6. The van der Waals surface area contributed by atoms with Crippen LogP contribution in [0.4, 0.5) is 35.0 Å². The number of piperazine rings is 1. The number of carbonyl (C=O) groups excluding carboxylic acids is 1. The predicted molar refractivity (Wildman–Crippen MR) is 129 cm³/mol. The molecule has 2 aromatic rings. The topological polar surface area (TPSA) is 110 Å². The highest BCUT2D eigenvalue weighted by Crippen LogP contribution is 2.38. The summed E-state index contributed by atoms with van der Waals surface area (Å²) in [4.78, 5) is 29.7. The minimum Gasteiger partial charge on any atom is -0.489 e. The largest absolute Gasteiger partial charge is 0.489 e. The molecule has 2 aliphatic rings. The molecular formula is C24H28F3N5O5. The summed E-state index contributed by atoms with van der Waals surface area (Å²) in [6, 6.07) is 4.83. The first kappa shape index (κ1) is 26.3. The zero-order valence-electron chi connectivity index (χ0n) is 20.2. The molecule has 1 amide bonds. The first-order valence-corrected chi connectivity index (χ1v) is 12.0. The van der Waals surface area contributed by atoms with Crippen LogP contribution in [-0.4, -0.2) is 66.3 Å². The van der Waals surface area contributed by atoms with Crippen LogP contribution in [-0.2, 0) is 10.9 Å². The van der Waals surface area contributed by atoms with Gasteiger partial charge in [0.1, 0.15) is 11.3 Å². The number of halogens is 3. The third-order valence-electron chi connectivity index (χ3n) is 6.62. The van der Waals surface area contributed by atoms with Gasteiger partial charge in [0.15, 0.2) is 0 Å². The molecule has 13 heteroatoms. The summed E-state index contributed by atoms with van der Waals surface area (Å²) in [6.07, 6.45) is 0.913. The van der Waals surface area contributed by atoms with Crippen LogP contribution >= 0.6 is 0 Å². The summed E-state index contributed by atoms with van der Waals surface area (Å²) >= 11 is 0. The van der Waals surface area contributed by atoms with Gasteiger partial charge in [-0.25, -0.2) is 4.79 Å². The van der Waals surface area contributed by atoms with Crippen molar-refractivity contribution in [2.24, 2.45) is 0 Å². The van der Waals surface area contributed by atoms with Crippen molar-refractivity contribution in [3.63, 3.8) is 0 Å². The highest BCUT2D eigenvalue weighted by atomic mass is 19.4. The molecule has 1 saturated carbocycles. The van der Waals surface area contributed by atoms with Crippen LogP contribution < -0.4 is 15.0 Å². The molecule has 1 aromatic heterocycles. The maximum atomic E-state index is 13.3. The molecule has 0 unspecified atom stereocenters. The molecule has 10 nitrogen and oxygen atoms in total. The van der Waals surface area contributed by atoms with E-state index in [0.29, 0.717) is 57.6 Å². The number of nitrogens with one attached hydrogen (secondary N) is 1. The molecule has 1 saturated heterocycles. The Balaban J connectivity index is 1.30. The van der Waals surface area contributed by atoms with Crippen LogP contribution in [0.25, 0.3) is 0 Å². The second-order valence-corrected chi connectivity index (χ2v) is 9.05. The zero-order valence-corrected chi connectivity index (χ0v) is 20.2. The monoisotopic (exact) mass is 523 g/mol. The Kier molecular flexibility index (Phi) is 7.89. The standard InChI is InChI=1S/C24H28F3N5O5/c1-36-23(33)31-10-8-30(9-11-31)18-13-20(15-28-14-18)37-19-5-2-16(3-6-19)29-17-4-7-22(32(34)35)21(12-17)24(25,26)27/h4,7,12-16,19,29H,2-3,5-6,8-11H2,1H3/t16-,19-. The Morgan fingerprint density at radius 3 is 2.43 bits per heavy atom. The number of anilines is 2. The van der Waals surface area contributed by atoms with Crippen molar-refractivity contribution in [1.82, 2.24) is 9.88 Å². The first-order valence-electron chi connectivity index (χ1n) is 12.0. The molecule has 4 rings (SSSR count). The Morgan fingerprint density at radius 2 is 1.81 bits per heavy atom. The Hall–Kier alpha value is -3.77. The molecule has 200 valence electrons. The second kappa shape index (κ2) is 11.1. The fraction of sp³-hybridized carbons (Fsp3) is 0.500. The number of amides is 1. The van der Waals surface area contributed by atoms with E-state index in [0.717, 1.165) is 17.8 Å². The van der Waals surface area contributed by atoms with Crippen molar-refractivity contribution in [2.45, 2.75) is 44.0 Å². The lowest BCUT2D eigenvalue weighted by atomic mass is 9.92. The molecule has 0 atom stereocenters. The van der Waals surface area contributed by atoms with Gasteiger partial charge in [-0.3, -0.25) is 15.1 Å². The lowest BCUT2D eigenvalue weighted by molar-refractivity contribution is -0.388. The number of hydrogen-bond donors (Lipinski definition) is 1. The van der Waals surface area contributed by atoms with Gasteiger partial charge in [-0.1, -0.05) is 0 Å². The molecule has 0 spiro atoms. The molecule has 37 heavy (non-hydrogen) atoms. The predicted octanol–water partition coefficient (Wildman–Crippen LogP) is 4.70. The van der Waals surface area contributed by atoms with Crippen molar-refractivity contribution in [1.29, 1.82) is 0 Å². The maximum absolute atomic E-state index is 13.3. The summed E-state index contributed by atoms with van der Waals surface area (Å²) in [5.41, 5.74) is -1.13. The smallest absolute Gasteiger partial charge is 0.423 e. The number of ether oxygens (including phenoxy) is 2. The average molecular weight is 524 g/mol. The number of alkyl halides is 3. The summed E-state index contributed by atoms with van der Waals surface area (Å²) < 4.78 is 50.7. The molecular weight excluding hydrogens is 495 g/mol. The van der Waals surface area contributed by atoms with E-state index in [1.807, 2.05) is 6.07 Å². The fourth-order valence-corrected chi connectivity index (χ4v) is 4.69. The van der Waals surface area contributed by atoms with E-state index >= 15 is 0 Å². The number of pyridine rings is 1. The SMILES string of the molecule is COC(=O)N1CCN(c2cncc(O[C@H]3CC[C@H](Nc4ccc([N+](=O)[O-])c(C(F)(F)F)c4)CC3)c2)CC1. The van der Waals surface area contributed by atoms with Gasteiger partial charge < -0.3 is 24.6 Å². The van der Waals surface area contributed by atoms with Crippen LogP contribution in [0.1, 0.15) is 31.2 Å². The summed E-state index contributed by atoms with van der Waals surface area (Å²) in [7, 11) is 1.36. The number of hydrogen-bond acceptors (Lipinski definition) is 8. The van der Waals surface area contributed by atoms with Gasteiger partial charge >= 0.3 is 12.3 Å². The van der Waals surface area contributed by atoms with E-state index < -0.39 is 22.4 Å². The van der Waals surface area contributed by atoms with Gasteiger partial charge in [-0.15, -0.1) is 0 Å². The third kappa shape index (κ3) is 6.52. The van der Waals surface area contributed by atoms with Gasteiger partial charge in [0.05, 0.1) is 36.2 Å². The normalized spacial score (nSPS) is 20.3. The van der Waals surface area contributed by atoms with Gasteiger partial charge in [-0.05, 0) is 37.8 Å². The Labute approximate surface area is 211 Å². The molecule has 0 bridgehead atoms. The average Bonchev–Trinajstić information content (AvgIpc) is 2.89. The second-order valence-electron chi connectivity index (χ2n) is 9.05. The summed E-state index contributed by atoms with van der Waals surface area (Å²) in [5, 5.41) is 14.0. The summed E-state index contributed by atoms with van der Waals surface area (Å²) in [5.74, 6) is 0.634. The third-order valence-corrected chi connectivity index (χ3v) is 6.62. The van der Waals surface area contributed by atoms with E-state index in [-0.39, 0.29) is 23.9 Å². The highest BCUT2D eigenvalue weighted by Gasteiger charge is 2.38. The van der Waals surface area contributed by atoms with E-state index in [9.17, 15) is 28.1 Å². The number of aromatic nitrogens is 1. The van der Waals surface area contributed by atoms with Crippen molar-refractivity contribution < 1.29 is 32.4 Å². The number of nitrogens with zero attached hydrogens (tertiary/aromatic N) is 4. The van der Waals surface area contributed by atoms with Crippen molar-refractivity contribution >= 4 is 23.2 Å². The van der Waals surface area contributed by atoms with Gasteiger partial charge in [-0.2, -0.15) is 13.2 Å². The lowest BCUT2D eigenvalue weighted by Crippen LogP contribution is -2.48. The number of benzene rings is 1. The summed E-state index contributed by atoms with van der Waals surface area (Å²) in [6.45, 7) is 2.40. The van der Waals surface area contributed by atoms with Crippen LogP contribution in [0.3, 0.4) is 0 Å². The minimum absolute atomic E-state index is 0.0612. The maximum Gasteiger partial charge on any atom is 0.423 e. The van der Waals surface area contributed by atoms with Crippen LogP contribution in [0.15, 0.2) is 36.7 Å². The van der Waals surface area contributed by atoms with Gasteiger partial charge in [0.25, 0.3) is 5.69 Å². The van der Waals surface area contributed by atoms with E-state index in [2.05, 4.69) is 15.2 Å². The van der Waals surface area contributed by atoms with Crippen LogP contribution in [0, 0.1) is 10.1 Å². The first-order chi connectivity index (χ1) is 17.6. The van der Waals surface area contributed by atoms with Crippen molar-refractivity contribution in [3.8, 4) is 5.75 Å². The van der Waals surface area contributed by atoms with Crippen molar-refractivity contribution in [2.75, 3.05) is 43.5 Å². The molecule has 0 radical (unpaired) electrons. The molecule has 1 aliphatic carbocycles.